The SMILES string of the molecule is CCCCCCCCCC[C@@H](O)C[C@]1(OC)O[C@H](CC(O)C(O)C(O)C(O)C(O)CC(O)CC(O)CC(O)CC(O)C(C)C(O)C(C)C(O)CC(O)C(C)C(O)C(O)C[C@H](C)C[C@H](C)/C=C(C)/C(O)=C2/C(=O)CN(C)C2=O)[C@@H](O)[C@H](O)[C@@H]1O. The van der Waals surface area contributed by atoms with Gasteiger partial charge in [-0.2, -0.15) is 0 Å². The molecule has 2 saturated heterocycles. The van der Waals surface area contributed by atoms with E-state index in [0.29, 0.717) is 24.8 Å². The van der Waals surface area contributed by atoms with Gasteiger partial charge in [-0.1, -0.05) is 99.0 Å². The standard InChI is InChI=1S/C59H109NO23/c1-10-11-12-13-14-15-16-17-18-36(61)28-59(82-9)57(80)56(79)54(77)47(83-59)27-45(70)53(76)55(78)52(75)44(69)25-39(64)23-37(62)22-38(63)24-40(65)33(5)50(73)34(6)41(66)26-42(67)35(7)51(74)43(68)21-31(3)19-30(2)20-32(4)49(72)48-46(71)29-60(8)58(48)81/h20,30-31,33-45,47,50-57,61-70,72-80H,10-19,21-29H2,1-9H3/b32-20+,49-48+/t30-,31+,33?,34?,35?,36+,37?,38?,39?,40?,41?,42?,43?,44?,45?,47+,50?,51?,52?,53?,54+,55?,56-,57-,59-/m0/s1. The number of ketones is 1. The van der Waals surface area contributed by atoms with Crippen molar-refractivity contribution in [1.29, 1.82) is 0 Å². The van der Waals surface area contributed by atoms with Gasteiger partial charge in [0.15, 0.2) is 11.6 Å². The van der Waals surface area contributed by atoms with Crippen LogP contribution in [0.1, 0.15) is 164 Å². The van der Waals surface area contributed by atoms with Gasteiger partial charge in [0, 0.05) is 51.2 Å². The second kappa shape index (κ2) is 36.8. The van der Waals surface area contributed by atoms with E-state index in [2.05, 4.69) is 6.92 Å². The highest BCUT2D eigenvalue weighted by atomic mass is 16.7. The summed E-state index contributed by atoms with van der Waals surface area (Å²) in [5.41, 5.74) is 0.0850. The molecule has 0 aromatic carbocycles. The maximum Gasteiger partial charge on any atom is 0.261 e. The summed E-state index contributed by atoms with van der Waals surface area (Å²) in [5.74, 6) is -6.67. The molecule has 488 valence electrons. The van der Waals surface area contributed by atoms with Crippen LogP contribution in [0.5, 0.6) is 0 Å². The zero-order chi connectivity index (χ0) is 63.4. The van der Waals surface area contributed by atoms with Gasteiger partial charge < -0.3 is 111 Å². The van der Waals surface area contributed by atoms with E-state index < -0.39 is 177 Å². The van der Waals surface area contributed by atoms with Gasteiger partial charge in [-0.25, -0.2) is 0 Å². The maximum atomic E-state index is 12.3. The number of aliphatic hydroxyl groups is 19. The van der Waals surface area contributed by atoms with Crippen LogP contribution >= 0.6 is 0 Å². The molecule has 24 nitrogen and oxygen atoms in total. The fourth-order valence-electron chi connectivity index (χ4n) is 11.6. The number of aliphatic hydroxyl groups excluding tert-OH is 19. The third-order valence-corrected chi connectivity index (χ3v) is 17.3. The van der Waals surface area contributed by atoms with Crippen LogP contribution in [0, 0.1) is 29.6 Å². The average molecular weight is 1200 g/mol. The summed E-state index contributed by atoms with van der Waals surface area (Å²) in [4.78, 5) is 25.8. The Morgan fingerprint density at radius 2 is 1.06 bits per heavy atom. The van der Waals surface area contributed by atoms with Crippen molar-refractivity contribution in [2.75, 3.05) is 20.7 Å². The van der Waals surface area contributed by atoms with Crippen LogP contribution < -0.4 is 0 Å². The zero-order valence-corrected chi connectivity index (χ0v) is 50.4. The van der Waals surface area contributed by atoms with Gasteiger partial charge in [0.1, 0.15) is 48.0 Å². The zero-order valence-electron chi connectivity index (χ0n) is 50.4. The molecule has 0 aromatic rings. The van der Waals surface area contributed by atoms with Crippen molar-refractivity contribution in [3.8, 4) is 0 Å². The number of rotatable bonds is 41. The number of nitrogens with zero attached hydrogens (tertiary/aromatic N) is 1. The Balaban J connectivity index is 1.85. The highest BCUT2D eigenvalue weighted by molar-refractivity contribution is 6.25. The quantitative estimate of drug-likeness (QED) is 0.0155. The molecule has 0 bridgehead atoms. The van der Waals surface area contributed by atoms with Gasteiger partial charge in [0.25, 0.3) is 5.91 Å². The van der Waals surface area contributed by atoms with Crippen molar-refractivity contribution in [2.24, 2.45) is 29.6 Å². The summed E-state index contributed by atoms with van der Waals surface area (Å²) < 4.78 is 11.3. The molecule has 19 N–H and O–H groups in total. The molecule has 0 aromatic heterocycles. The molecule has 0 spiro atoms. The minimum absolute atomic E-state index is 0.120. The van der Waals surface area contributed by atoms with Crippen LogP contribution in [-0.4, -0.2) is 256 Å². The van der Waals surface area contributed by atoms with Gasteiger partial charge in [-0.3, -0.25) is 9.59 Å². The number of likely N-dealkylation sites (N-methyl/N-ethyl adjacent to an activating group) is 1. The van der Waals surface area contributed by atoms with Crippen molar-refractivity contribution >= 4 is 11.7 Å². The number of carbonyl (C=O) groups excluding carboxylic acids is 2. The van der Waals surface area contributed by atoms with Gasteiger partial charge >= 0.3 is 0 Å². The molecule has 83 heavy (non-hydrogen) atoms. The Kier molecular flexibility index (Phi) is 34.0. The summed E-state index contributed by atoms with van der Waals surface area (Å²) >= 11 is 0. The third-order valence-electron chi connectivity index (χ3n) is 17.3. The molecule has 2 aliphatic rings. The lowest BCUT2D eigenvalue weighted by Crippen LogP contribution is -2.66. The molecular weight excluding hydrogens is 1090 g/mol. The van der Waals surface area contributed by atoms with Crippen LogP contribution in [0.25, 0.3) is 0 Å². The lowest BCUT2D eigenvalue weighted by molar-refractivity contribution is -0.364. The Labute approximate surface area is 490 Å². The van der Waals surface area contributed by atoms with Crippen molar-refractivity contribution < 1.29 is 116 Å². The molecule has 0 radical (unpaired) electrons. The average Bonchev–Trinajstić information content (AvgIpc) is 3.87. The third kappa shape index (κ3) is 23.6. The van der Waals surface area contributed by atoms with Crippen LogP contribution in [0.4, 0.5) is 0 Å². The summed E-state index contributed by atoms with van der Waals surface area (Å²) in [6.45, 7) is 11.7. The number of unbranched alkanes of at least 4 members (excludes halogenated alkanes) is 7. The van der Waals surface area contributed by atoms with Crippen molar-refractivity contribution in [3.05, 3.63) is 23.0 Å². The fourth-order valence-corrected chi connectivity index (χ4v) is 11.6. The molecule has 25 atom stereocenters. The van der Waals surface area contributed by atoms with E-state index in [1.165, 1.54) is 45.6 Å². The second-order valence-corrected chi connectivity index (χ2v) is 24.7. The first-order valence-corrected chi connectivity index (χ1v) is 30.0. The minimum atomic E-state index is -2.27. The molecule has 24 heteroatoms. The fraction of sp³-hybridized carbons (Fsp3) is 0.898. The molecular formula is C59H109NO23. The lowest BCUT2D eigenvalue weighted by Gasteiger charge is -2.49. The highest BCUT2D eigenvalue weighted by Gasteiger charge is 2.55. The number of methoxy groups -OCH3 is 1. The normalized spacial score (nSPS) is 28.1. The number of hydrogen-bond acceptors (Lipinski definition) is 23. The van der Waals surface area contributed by atoms with E-state index >= 15 is 0 Å². The topological polar surface area (TPSA) is 440 Å². The first-order valence-electron chi connectivity index (χ1n) is 30.0. The Hall–Kier alpha value is -2.38. The first-order chi connectivity index (χ1) is 38.7. The van der Waals surface area contributed by atoms with Crippen molar-refractivity contribution in [1.82, 2.24) is 4.90 Å². The van der Waals surface area contributed by atoms with Gasteiger partial charge in [0.05, 0.1) is 85.9 Å². The number of likely N-dealkylation sites (tertiary alicyclic amines) is 1. The summed E-state index contributed by atoms with van der Waals surface area (Å²) in [6, 6.07) is 0. The van der Waals surface area contributed by atoms with Crippen molar-refractivity contribution in [3.63, 3.8) is 0 Å². The van der Waals surface area contributed by atoms with E-state index in [0.717, 1.165) is 39.2 Å². The Morgan fingerprint density at radius 3 is 1.58 bits per heavy atom. The minimum Gasteiger partial charge on any atom is -0.507 e. The highest BCUT2D eigenvalue weighted by Crippen LogP contribution is 2.38. The summed E-state index contributed by atoms with van der Waals surface area (Å²) in [7, 11) is 2.62. The molecule has 17 unspecified atom stereocenters. The van der Waals surface area contributed by atoms with Crippen LogP contribution in [0.15, 0.2) is 23.0 Å². The molecule has 2 fully saturated rings. The number of Topliss-reactive ketones (excluding diaryl/α,β-unsaturated/α-hetero) is 1. The monoisotopic (exact) mass is 1200 g/mol. The van der Waals surface area contributed by atoms with Gasteiger partial charge in [-0.05, 0) is 69.3 Å². The number of allylic oxidation sites excluding steroid dienone is 2. The molecule has 1 amide bonds. The van der Waals surface area contributed by atoms with Gasteiger partial charge in [0.2, 0.25) is 0 Å². The van der Waals surface area contributed by atoms with Crippen LogP contribution in [-0.2, 0) is 19.1 Å². The predicted octanol–water partition coefficient (Wildman–Crippen LogP) is -0.754. The number of hydrogen-bond donors (Lipinski definition) is 19. The Bertz CT molecular complexity index is 1930. The summed E-state index contributed by atoms with van der Waals surface area (Å²) in [5, 5.41) is 206. The molecule has 2 heterocycles. The van der Waals surface area contributed by atoms with Crippen LogP contribution in [0.3, 0.4) is 0 Å². The van der Waals surface area contributed by atoms with E-state index in [-0.39, 0.29) is 55.4 Å². The molecule has 2 rings (SSSR count). The van der Waals surface area contributed by atoms with E-state index in [1.807, 2.05) is 13.8 Å². The van der Waals surface area contributed by atoms with E-state index in [9.17, 15) is 107 Å². The largest absolute Gasteiger partial charge is 0.507 e. The van der Waals surface area contributed by atoms with E-state index in [1.54, 1.807) is 13.0 Å². The van der Waals surface area contributed by atoms with Crippen molar-refractivity contribution in [2.45, 2.75) is 286 Å². The Morgan fingerprint density at radius 1 is 0.590 bits per heavy atom. The van der Waals surface area contributed by atoms with Crippen LogP contribution in [0.2, 0.25) is 0 Å². The second-order valence-electron chi connectivity index (χ2n) is 24.7. The molecule has 2 aliphatic heterocycles. The van der Waals surface area contributed by atoms with E-state index in [4.69, 9.17) is 9.47 Å². The molecule has 0 aliphatic carbocycles. The van der Waals surface area contributed by atoms with Gasteiger partial charge in [-0.15, -0.1) is 0 Å². The smallest absolute Gasteiger partial charge is 0.261 e. The maximum absolute atomic E-state index is 12.3. The molecule has 0 saturated carbocycles. The number of amides is 1. The first kappa shape index (κ1) is 76.7. The predicted molar refractivity (Wildman–Crippen MR) is 303 cm³/mol. The number of carbonyl (C=O) groups is 2. The summed E-state index contributed by atoms with van der Waals surface area (Å²) in [6.07, 6.45) is -23.8. The number of ether oxygens (including phenoxy) is 2. The lowest BCUT2D eigenvalue weighted by atomic mass is 9.80.